The van der Waals surface area contributed by atoms with E-state index in [2.05, 4.69) is 24.9 Å². The number of pyridine rings is 1. The van der Waals surface area contributed by atoms with Crippen LogP contribution in [0.15, 0.2) is 24.4 Å². The number of nitrogens with two attached hydrogens (primary N) is 1. The summed E-state index contributed by atoms with van der Waals surface area (Å²) in [4.78, 5) is 4.35. The molecule has 76 valence electrons. The second-order valence-corrected chi connectivity index (χ2v) is 4.50. The summed E-state index contributed by atoms with van der Waals surface area (Å²) < 4.78 is 0. The molecule has 1 heterocycles. The lowest BCUT2D eigenvalue weighted by Crippen LogP contribution is -2.30. The molecule has 14 heavy (non-hydrogen) atoms. The van der Waals surface area contributed by atoms with Crippen LogP contribution in [0, 0.1) is 11.8 Å². The normalized spacial score (nSPS) is 29.6. The highest BCUT2D eigenvalue weighted by Gasteiger charge is 2.40. The van der Waals surface area contributed by atoms with Gasteiger partial charge in [0.05, 0.1) is 0 Å². The Morgan fingerprint density at radius 3 is 2.71 bits per heavy atom. The van der Waals surface area contributed by atoms with Crippen molar-refractivity contribution < 1.29 is 0 Å². The third-order valence-electron chi connectivity index (χ3n) is 3.40. The summed E-state index contributed by atoms with van der Waals surface area (Å²) in [6, 6.07) is 6.32. The van der Waals surface area contributed by atoms with Crippen LogP contribution in [0.25, 0.3) is 0 Å². The smallest absolute Gasteiger partial charge is 0.0447 e. The van der Waals surface area contributed by atoms with Gasteiger partial charge in [-0.3, -0.25) is 4.98 Å². The number of nitrogens with zero attached hydrogens (tertiary/aromatic N) is 1. The fourth-order valence-electron chi connectivity index (χ4n) is 2.10. The summed E-state index contributed by atoms with van der Waals surface area (Å²) in [5.74, 6) is 1.91. The van der Waals surface area contributed by atoms with Gasteiger partial charge in [-0.1, -0.05) is 19.9 Å². The van der Waals surface area contributed by atoms with Gasteiger partial charge < -0.3 is 5.73 Å². The minimum atomic E-state index is 0.278. The maximum absolute atomic E-state index is 6.20. The molecule has 1 aromatic rings. The number of aromatic nitrogens is 1. The monoisotopic (exact) mass is 190 g/mol. The van der Waals surface area contributed by atoms with E-state index in [9.17, 15) is 0 Å². The van der Waals surface area contributed by atoms with Gasteiger partial charge in [0.1, 0.15) is 0 Å². The lowest BCUT2D eigenvalue weighted by Gasteiger charge is -2.19. The van der Waals surface area contributed by atoms with Gasteiger partial charge in [0.25, 0.3) is 0 Å². The SMILES string of the molecule is CC1CC1C(N)C(C)c1ccccn1. The highest BCUT2D eigenvalue weighted by Crippen LogP contribution is 2.43. The van der Waals surface area contributed by atoms with Crippen molar-refractivity contribution in [3.63, 3.8) is 0 Å². The minimum absolute atomic E-state index is 0.278. The standard InChI is InChI=1S/C12H18N2/c1-8-7-10(8)12(13)9(2)11-5-3-4-6-14-11/h3-6,8-10,12H,7,13H2,1-2H3. The summed E-state index contributed by atoms with van der Waals surface area (Å²) in [5, 5.41) is 0. The third-order valence-corrected chi connectivity index (χ3v) is 3.40. The zero-order valence-corrected chi connectivity index (χ0v) is 8.85. The summed E-state index contributed by atoms with van der Waals surface area (Å²) in [7, 11) is 0. The van der Waals surface area contributed by atoms with E-state index in [1.165, 1.54) is 6.42 Å². The zero-order chi connectivity index (χ0) is 10.1. The number of hydrogen-bond donors (Lipinski definition) is 1. The predicted molar refractivity (Wildman–Crippen MR) is 57.9 cm³/mol. The molecule has 2 heteroatoms. The molecule has 0 spiro atoms. The zero-order valence-electron chi connectivity index (χ0n) is 8.85. The first-order valence-corrected chi connectivity index (χ1v) is 5.36. The van der Waals surface area contributed by atoms with Crippen molar-refractivity contribution in [3.8, 4) is 0 Å². The second-order valence-electron chi connectivity index (χ2n) is 4.50. The predicted octanol–water partition coefficient (Wildman–Crippen LogP) is 2.17. The van der Waals surface area contributed by atoms with Crippen LogP contribution in [0.4, 0.5) is 0 Å². The third kappa shape index (κ3) is 1.80. The van der Waals surface area contributed by atoms with Crippen molar-refractivity contribution in [2.45, 2.75) is 32.2 Å². The Kier molecular flexibility index (Phi) is 2.55. The molecular weight excluding hydrogens is 172 g/mol. The van der Waals surface area contributed by atoms with Crippen molar-refractivity contribution >= 4 is 0 Å². The van der Waals surface area contributed by atoms with Crippen molar-refractivity contribution in [2.75, 3.05) is 0 Å². The first-order chi connectivity index (χ1) is 6.70. The van der Waals surface area contributed by atoms with Gasteiger partial charge in [0, 0.05) is 23.9 Å². The van der Waals surface area contributed by atoms with Crippen LogP contribution in [0.2, 0.25) is 0 Å². The molecule has 0 aromatic carbocycles. The van der Waals surface area contributed by atoms with Gasteiger partial charge in [-0.05, 0) is 30.4 Å². The van der Waals surface area contributed by atoms with Crippen LogP contribution in [-0.4, -0.2) is 11.0 Å². The van der Waals surface area contributed by atoms with E-state index in [-0.39, 0.29) is 6.04 Å². The fraction of sp³-hybridized carbons (Fsp3) is 0.583. The van der Waals surface area contributed by atoms with Gasteiger partial charge in [-0.25, -0.2) is 0 Å². The number of hydrogen-bond acceptors (Lipinski definition) is 2. The molecule has 1 aliphatic rings. The molecule has 2 rings (SSSR count). The van der Waals surface area contributed by atoms with Gasteiger partial charge in [-0.15, -0.1) is 0 Å². The Bertz CT molecular complexity index is 296. The Labute approximate surface area is 85.5 Å². The van der Waals surface area contributed by atoms with Crippen LogP contribution < -0.4 is 5.73 Å². The topological polar surface area (TPSA) is 38.9 Å². The quantitative estimate of drug-likeness (QED) is 0.793. The van der Waals surface area contributed by atoms with E-state index < -0.39 is 0 Å². The molecular formula is C12H18N2. The van der Waals surface area contributed by atoms with Crippen molar-refractivity contribution in [3.05, 3.63) is 30.1 Å². The molecule has 0 radical (unpaired) electrons. The summed E-state index contributed by atoms with van der Waals surface area (Å²) >= 11 is 0. The van der Waals surface area contributed by atoms with Crippen LogP contribution in [0.3, 0.4) is 0 Å². The van der Waals surface area contributed by atoms with Gasteiger partial charge in [-0.2, -0.15) is 0 Å². The molecule has 2 nitrogen and oxygen atoms in total. The number of rotatable bonds is 3. The highest BCUT2D eigenvalue weighted by atomic mass is 14.8. The maximum Gasteiger partial charge on any atom is 0.0447 e. The Hall–Kier alpha value is -0.890. The van der Waals surface area contributed by atoms with Crippen LogP contribution >= 0.6 is 0 Å². The van der Waals surface area contributed by atoms with Crippen LogP contribution in [0.1, 0.15) is 31.9 Å². The van der Waals surface area contributed by atoms with Gasteiger partial charge in [0.2, 0.25) is 0 Å². The molecule has 0 bridgehead atoms. The summed E-state index contributed by atoms with van der Waals surface area (Å²) in [6.45, 7) is 4.45. The van der Waals surface area contributed by atoms with E-state index in [1.807, 2.05) is 18.3 Å². The summed E-state index contributed by atoms with van der Waals surface area (Å²) in [5.41, 5.74) is 7.33. The average molecular weight is 190 g/mol. The highest BCUT2D eigenvalue weighted by molar-refractivity contribution is 5.13. The van der Waals surface area contributed by atoms with Crippen molar-refractivity contribution in [1.82, 2.24) is 4.98 Å². The van der Waals surface area contributed by atoms with E-state index in [0.717, 1.165) is 11.6 Å². The lowest BCUT2D eigenvalue weighted by atomic mass is 9.94. The lowest BCUT2D eigenvalue weighted by molar-refractivity contribution is 0.481. The Morgan fingerprint density at radius 1 is 1.50 bits per heavy atom. The molecule has 0 aliphatic heterocycles. The maximum atomic E-state index is 6.20. The molecule has 1 fully saturated rings. The molecule has 4 unspecified atom stereocenters. The first-order valence-electron chi connectivity index (χ1n) is 5.36. The molecule has 1 saturated carbocycles. The Morgan fingerprint density at radius 2 is 2.21 bits per heavy atom. The molecule has 0 amide bonds. The van der Waals surface area contributed by atoms with Gasteiger partial charge in [0.15, 0.2) is 0 Å². The Balaban J connectivity index is 2.05. The van der Waals surface area contributed by atoms with E-state index in [0.29, 0.717) is 11.8 Å². The van der Waals surface area contributed by atoms with Crippen LogP contribution in [0.5, 0.6) is 0 Å². The van der Waals surface area contributed by atoms with Gasteiger partial charge >= 0.3 is 0 Å². The van der Waals surface area contributed by atoms with E-state index in [4.69, 9.17) is 5.73 Å². The molecule has 0 saturated heterocycles. The van der Waals surface area contributed by atoms with Crippen LogP contribution in [-0.2, 0) is 0 Å². The first kappa shape index (κ1) is 9.66. The fourth-order valence-corrected chi connectivity index (χ4v) is 2.10. The molecule has 1 aromatic heterocycles. The van der Waals surface area contributed by atoms with Crippen molar-refractivity contribution in [2.24, 2.45) is 17.6 Å². The minimum Gasteiger partial charge on any atom is -0.327 e. The molecule has 2 N–H and O–H groups in total. The largest absolute Gasteiger partial charge is 0.327 e. The van der Waals surface area contributed by atoms with Crippen molar-refractivity contribution in [1.29, 1.82) is 0 Å². The summed E-state index contributed by atoms with van der Waals surface area (Å²) in [6.07, 6.45) is 3.13. The molecule has 1 aliphatic carbocycles. The van der Waals surface area contributed by atoms with E-state index >= 15 is 0 Å². The average Bonchev–Trinajstić information content (AvgIpc) is 2.95. The van der Waals surface area contributed by atoms with E-state index in [1.54, 1.807) is 0 Å². The molecule has 4 atom stereocenters. The second kappa shape index (κ2) is 3.70.